The number of ether oxygens (including phenoxy) is 1. The Morgan fingerprint density at radius 2 is 1.96 bits per heavy atom. The normalized spacial score (nSPS) is 27.7. The molecule has 1 aliphatic carbocycles. The number of rotatable bonds is 10. The third kappa shape index (κ3) is 4.65. The highest BCUT2D eigenvalue weighted by Gasteiger charge is 2.67. The largest absolute Gasteiger partial charge is 0.379 e. The van der Waals surface area contributed by atoms with Gasteiger partial charge >= 0.3 is 0 Å². The van der Waals surface area contributed by atoms with Crippen molar-refractivity contribution in [3.63, 3.8) is 0 Å². The van der Waals surface area contributed by atoms with E-state index in [4.69, 9.17) is 4.74 Å². The summed E-state index contributed by atoms with van der Waals surface area (Å²) in [6.07, 6.45) is 2.29. The van der Waals surface area contributed by atoms with Crippen molar-refractivity contribution in [1.29, 1.82) is 0 Å². The lowest BCUT2D eigenvalue weighted by Crippen LogP contribution is -2.33. The summed E-state index contributed by atoms with van der Waals surface area (Å²) in [5.41, 5.74) is 2.15. The molecule has 27 heavy (non-hydrogen) atoms. The van der Waals surface area contributed by atoms with E-state index in [0.717, 1.165) is 45.8 Å². The van der Waals surface area contributed by atoms with Crippen LogP contribution in [0.4, 0.5) is 5.69 Å². The molecule has 1 saturated heterocycles. The Kier molecular flexibility index (Phi) is 6.15. The van der Waals surface area contributed by atoms with Gasteiger partial charge in [-0.25, -0.2) is 8.42 Å². The minimum absolute atomic E-state index is 0.206. The van der Waals surface area contributed by atoms with Crippen LogP contribution >= 0.6 is 0 Å². The van der Waals surface area contributed by atoms with Crippen molar-refractivity contribution in [2.75, 3.05) is 64.5 Å². The number of fused-ring (bicyclic) bond motifs is 1. The fourth-order valence-corrected chi connectivity index (χ4v) is 5.34. The van der Waals surface area contributed by atoms with Crippen molar-refractivity contribution in [3.8, 4) is 0 Å². The van der Waals surface area contributed by atoms with Gasteiger partial charge in [-0.05, 0) is 50.0 Å². The van der Waals surface area contributed by atoms with Gasteiger partial charge < -0.3 is 14.5 Å². The van der Waals surface area contributed by atoms with Gasteiger partial charge in [-0.3, -0.25) is 4.72 Å². The monoisotopic (exact) mass is 395 g/mol. The SMILES string of the molecule is CCC1(c2cccc(NS(C)(=O)=O)c2)C2CN(CCOCCN(C)C)CC21. The summed E-state index contributed by atoms with van der Waals surface area (Å²) in [5, 5.41) is 0. The Morgan fingerprint density at radius 3 is 2.56 bits per heavy atom. The van der Waals surface area contributed by atoms with Crippen LogP contribution in [-0.2, 0) is 20.2 Å². The van der Waals surface area contributed by atoms with Gasteiger partial charge in [-0.1, -0.05) is 19.1 Å². The van der Waals surface area contributed by atoms with Gasteiger partial charge in [0.15, 0.2) is 0 Å². The van der Waals surface area contributed by atoms with E-state index in [1.54, 1.807) is 0 Å². The Balaban J connectivity index is 1.55. The summed E-state index contributed by atoms with van der Waals surface area (Å²) in [7, 11) is 0.866. The van der Waals surface area contributed by atoms with Gasteiger partial charge in [0, 0.05) is 37.3 Å². The van der Waals surface area contributed by atoms with Crippen molar-refractivity contribution in [2.45, 2.75) is 18.8 Å². The van der Waals surface area contributed by atoms with Crippen molar-refractivity contribution >= 4 is 15.7 Å². The Bertz CT molecular complexity index is 739. The maximum absolute atomic E-state index is 11.5. The molecule has 1 aromatic carbocycles. The number of nitrogens with one attached hydrogen (secondary N) is 1. The first kappa shape index (κ1) is 20.6. The van der Waals surface area contributed by atoms with E-state index in [1.165, 1.54) is 11.8 Å². The fraction of sp³-hybridized carbons (Fsp3) is 0.700. The quantitative estimate of drug-likeness (QED) is 0.613. The molecule has 0 radical (unpaired) electrons. The molecular formula is C20H33N3O3S. The second-order valence-electron chi connectivity index (χ2n) is 8.24. The molecule has 1 aromatic rings. The van der Waals surface area contributed by atoms with E-state index in [2.05, 4.69) is 41.6 Å². The Morgan fingerprint density at radius 1 is 1.26 bits per heavy atom. The minimum Gasteiger partial charge on any atom is -0.379 e. The average molecular weight is 396 g/mol. The van der Waals surface area contributed by atoms with E-state index in [-0.39, 0.29) is 5.41 Å². The smallest absolute Gasteiger partial charge is 0.229 e. The fourth-order valence-electron chi connectivity index (χ4n) is 4.78. The number of benzene rings is 1. The van der Waals surface area contributed by atoms with Gasteiger partial charge in [0.1, 0.15) is 0 Å². The summed E-state index contributed by atoms with van der Waals surface area (Å²) in [5.74, 6) is 1.33. The minimum atomic E-state index is -3.25. The van der Waals surface area contributed by atoms with E-state index >= 15 is 0 Å². The molecule has 2 aliphatic rings. The summed E-state index contributed by atoms with van der Waals surface area (Å²) < 4.78 is 31.4. The highest BCUT2D eigenvalue weighted by Crippen LogP contribution is 2.65. The molecule has 2 atom stereocenters. The summed E-state index contributed by atoms with van der Waals surface area (Å²) in [6.45, 7) is 8.01. The van der Waals surface area contributed by atoms with Gasteiger partial charge in [-0.15, -0.1) is 0 Å². The molecule has 1 N–H and O–H groups in total. The lowest BCUT2D eigenvalue weighted by atomic mass is 9.87. The maximum Gasteiger partial charge on any atom is 0.229 e. The van der Waals surface area contributed by atoms with Crippen LogP contribution in [0, 0.1) is 11.8 Å². The Hall–Kier alpha value is -1.15. The number of hydrogen-bond donors (Lipinski definition) is 1. The molecule has 0 aromatic heterocycles. The highest BCUT2D eigenvalue weighted by atomic mass is 32.2. The van der Waals surface area contributed by atoms with Crippen LogP contribution in [0.15, 0.2) is 24.3 Å². The number of nitrogens with zero attached hydrogens (tertiary/aromatic N) is 2. The van der Waals surface area contributed by atoms with Gasteiger partial charge in [0.25, 0.3) is 0 Å². The van der Waals surface area contributed by atoms with Crippen LogP contribution in [0.25, 0.3) is 0 Å². The molecule has 0 bridgehead atoms. The summed E-state index contributed by atoms with van der Waals surface area (Å²) >= 11 is 0. The van der Waals surface area contributed by atoms with E-state index < -0.39 is 10.0 Å². The maximum atomic E-state index is 11.5. The van der Waals surface area contributed by atoms with Crippen LogP contribution in [0.5, 0.6) is 0 Å². The summed E-state index contributed by atoms with van der Waals surface area (Å²) in [4.78, 5) is 4.64. The zero-order valence-electron chi connectivity index (χ0n) is 16.9. The number of likely N-dealkylation sites (N-methyl/N-ethyl adjacent to an activating group) is 1. The molecule has 7 heteroatoms. The number of piperidine rings is 1. The first-order valence-corrected chi connectivity index (χ1v) is 11.7. The van der Waals surface area contributed by atoms with Crippen molar-refractivity contribution < 1.29 is 13.2 Å². The lowest BCUT2D eigenvalue weighted by molar-refractivity contribution is 0.0934. The van der Waals surface area contributed by atoms with Crippen molar-refractivity contribution in [3.05, 3.63) is 29.8 Å². The zero-order valence-corrected chi connectivity index (χ0v) is 17.8. The van der Waals surface area contributed by atoms with Crippen LogP contribution in [0.2, 0.25) is 0 Å². The standard InChI is InChI=1S/C20H33N3O3S/c1-5-20(16-7-6-8-17(13-16)21-27(4,24)25)18-14-23(15-19(18)20)10-12-26-11-9-22(2)3/h6-8,13,18-19,21H,5,9-12,14-15H2,1-4H3. The van der Waals surface area contributed by atoms with Crippen molar-refractivity contribution in [1.82, 2.24) is 9.80 Å². The van der Waals surface area contributed by atoms with E-state index in [1.807, 2.05) is 18.2 Å². The molecule has 1 heterocycles. The van der Waals surface area contributed by atoms with E-state index in [0.29, 0.717) is 17.5 Å². The van der Waals surface area contributed by atoms with Crippen LogP contribution in [-0.4, -0.2) is 78.0 Å². The van der Waals surface area contributed by atoms with Gasteiger partial charge in [-0.2, -0.15) is 0 Å². The third-order valence-electron chi connectivity index (χ3n) is 6.13. The molecule has 2 fully saturated rings. The third-order valence-corrected chi connectivity index (χ3v) is 6.74. The second kappa shape index (κ2) is 8.07. The first-order chi connectivity index (χ1) is 12.8. The lowest BCUT2D eigenvalue weighted by Gasteiger charge is -2.26. The van der Waals surface area contributed by atoms with Crippen LogP contribution < -0.4 is 4.72 Å². The molecule has 2 unspecified atom stereocenters. The second-order valence-corrected chi connectivity index (χ2v) is 9.99. The topological polar surface area (TPSA) is 61.9 Å². The molecule has 152 valence electrons. The number of likely N-dealkylation sites (tertiary alicyclic amines) is 1. The van der Waals surface area contributed by atoms with Crippen molar-refractivity contribution in [2.24, 2.45) is 11.8 Å². The molecule has 1 saturated carbocycles. The molecule has 0 spiro atoms. The molecule has 6 nitrogen and oxygen atoms in total. The first-order valence-electron chi connectivity index (χ1n) is 9.79. The predicted molar refractivity (Wildman–Crippen MR) is 110 cm³/mol. The molecule has 1 aliphatic heterocycles. The number of hydrogen-bond acceptors (Lipinski definition) is 5. The number of sulfonamides is 1. The zero-order chi connectivity index (χ0) is 19.7. The van der Waals surface area contributed by atoms with Gasteiger partial charge in [0.05, 0.1) is 19.5 Å². The van der Waals surface area contributed by atoms with Crippen LogP contribution in [0.1, 0.15) is 18.9 Å². The molecule has 3 rings (SSSR count). The summed E-state index contributed by atoms with van der Waals surface area (Å²) in [6, 6.07) is 7.97. The average Bonchev–Trinajstić information content (AvgIpc) is 2.96. The molecular weight excluding hydrogens is 362 g/mol. The highest BCUT2D eigenvalue weighted by molar-refractivity contribution is 7.92. The molecule has 0 amide bonds. The predicted octanol–water partition coefficient (Wildman–Crippen LogP) is 1.85. The van der Waals surface area contributed by atoms with Gasteiger partial charge in [0.2, 0.25) is 10.0 Å². The number of anilines is 1. The van der Waals surface area contributed by atoms with Crippen LogP contribution in [0.3, 0.4) is 0 Å². The van der Waals surface area contributed by atoms with E-state index in [9.17, 15) is 8.42 Å². The Labute approximate surface area is 163 Å².